The summed E-state index contributed by atoms with van der Waals surface area (Å²) in [6, 6.07) is 16.7. The largest absolute Gasteiger partial charge is 0.457 e. The van der Waals surface area contributed by atoms with Gasteiger partial charge in [0.15, 0.2) is 0 Å². The minimum atomic E-state index is -0.274. The Morgan fingerprint density at radius 3 is 2.54 bits per heavy atom. The van der Waals surface area contributed by atoms with Crippen LogP contribution in [-0.2, 0) is 0 Å². The van der Waals surface area contributed by atoms with Gasteiger partial charge in [-0.25, -0.2) is 9.50 Å². The zero-order valence-corrected chi connectivity index (χ0v) is 13.2. The lowest BCUT2D eigenvalue weighted by Gasteiger charge is -2.07. The van der Waals surface area contributed by atoms with Gasteiger partial charge in [0.25, 0.3) is 5.91 Å². The van der Waals surface area contributed by atoms with Crippen molar-refractivity contribution in [2.24, 2.45) is 0 Å². The van der Waals surface area contributed by atoms with E-state index in [9.17, 15) is 4.79 Å². The van der Waals surface area contributed by atoms with Crippen LogP contribution in [0.4, 0.5) is 5.69 Å². The second-order valence-corrected chi connectivity index (χ2v) is 5.80. The number of nitrogens with one attached hydrogen (secondary N) is 1. The number of fused-ring (bicyclic) bond motifs is 1. The van der Waals surface area contributed by atoms with E-state index in [1.807, 2.05) is 30.3 Å². The molecule has 6 nitrogen and oxygen atoms in total. The Bertz CT molecular complexity index is 948. The number of aromatic nitrogens is 3. The van der Waals surface area contributed by atoms with Gasteiger partial charge in [-0.05, 0) is 36.4 Å². The van der Waals surface area contributed by atoms with Crippen LogP contribution in [0.3, 0.4) is 0 Å². The highest BCUT2D eigenvalue weighted by molar-refractivity contribution is 7.14. The van der Waals surface area contributed by atoms with Crippen LogP contribution in [0.5, 0.6) is 11.5 Å². The van der Waals surface area contributed by atoms with Gasteiger partial charge < -0.3 is 10.1 Å². The minimum absolute atomic E-state index is 0.274. The number of imidazole rings is 1. The van der Waals surface area contributed by atoms with Gasteiger partial charge in [-0.3, -0.25) is 4.79 Å². The Labute approximate surface area is 141 Å². The predicted octanol–water partition coefficient (Wildman–Crippen LogP) is 3.84. The molecule has 4 rings (SSSR count). The summed E-state index contributed by atoms with van der Waals surface area (Å²) in [7, 11) is 0. The number of anilines is 1. The molecule has 0 atom stereocenters. The van der Waals surface area contributed by atoms with E-state index in [1.165, 1.54) is 11.3 Å². The van der Waals surface area contributed by atoms with Crippen LogP contribution in [0.15, 0.2) is 66.3 Å². The third-order valence-corrected chi connectivity index (χ3v) is 4.00. The monoisotopic (exact) mass is 336 g/mol. The molecule has 0 spiro atoms. The minimum Gasteiger partial charge on any atom is -0.457 e. The SMILES string of the molecule is O=C(Nc1ccc(Oc2ccccc2)cc1)c1cn2ncsc2n1. The fourth-order valence-electron chi connectivity index (χ4n) is 2.17. The van der Waals surface area contributed by atoms with Gasteiger partial charge in [-0.2, -0.15) is 5.10 Å². The van der Waals surface area contributed by atoms with Crippen molar-refractivity contribution in [1.29, 1.82) is 0 Å². The maximum absolute atomic E-state index is 12.2. The summed E-state index contributed by atoms with van der Waals surface area (Å²) in [5.41, 5.74) is 2.68. The molecular formula is C17H12N4O2S. The molecule has 7 heteroatoms. The molecule has 2 aromatic heterocycles. The highest BCUT2D eigenvalue weighted by Crippen LogP contribution is 2.22. The highest BCUT2D eigenvalue weighted by Gasteiger charge is 2.12. The van der Waals surface area contributed by atoms with Crippen molar-refractivity contribution >= 4 is 27.9 Å². The first-order valence-electron chi connectivity index (χ1n) is 7.21. The van der Waals surface area contributed by atoms with Crippen molar-refractivity contribution in [2.75, 3.05) is 5.32 Å². The average molecular weight is 336 g/mol. The zero-order valence-electron chi connectivity index (χ0n) is 12.4. The second kappa shape index (κ2) is 6.13. The molecule has 118 valence electrons. The van der Waals surface area contributed by atoms with Gasteiger partial charge in [0.1, 0.15) is 22.7 Å². The molecular weight excluding hydrogens is 324 g/mol. The van der Waals surface area contributed by atoms with Crippen molar-refractivity contribution < 1.29 is 9.53 Å². The topological polar surface area (TPSA) is 68.5 Å². The van der Waals surface area contributed by atoms with Crippen molar-refractivity contribution in [3.8, 4) is 11.5 Å². The Morgan fingerprint density at radius 1 is 1.04 bits per heavy atom. The number of carbonyl (C=O) groups is 1. The molecule has 4 aromatic rings. The Hall–Kier alpha value is -3.19. The van der Waals surface area contributed by atoms with Crippen LogP contribution >= 0.6 is 11.3 Å². The van der Waals surface area contributed by atoms with Crippen molar-refractivity contribution in [3.05, 3.63) is 72.0 Å². The lowest BCUT2D eigenvalue weighted by molar-refractivity contribution is 0.102. The van der Waals surface area contributed by atoms with Crippen LogP contribution in [0, 0.1) is 0 Å². The van der Waals surface area contributed by atoms with E-state index in [-0.39, 0.29) is 5.91 Å². The molecule has 0 bridgehead atoms. The van der Waals surface area contributed by atoms with Crippen molar-refractivity contribution in [3.63, 3.8) is 0 Å². The summed E-state index contributed by atoms with van der Waals surface area (Å²) in [6.07, 6.45) is 1.61. The standard InChI is InChI=1S/C17H12N4O2S/c22-16(15-10-21-17(20-15)24-11-18-21)19-12-6-8-14(9-7-12)23-13-4-2-1-3-5-13/h1-11H,(H,19,22). The van der Waals surface area contributed by atoms with E-state index >= 15 is 0 Å². The summed E-state index contributed by atoms with van der Waals surface area (Å²) in [4.78, 5) is 17.1. The number of nitrogens with zero attached hydrogens (tertiary/aromatic N) is 3. The summed E-state index contributed by atoms with van der Waals surface area (Å²) in [5.74, 6) is 1.19. The van der Waals surface area contributed by atoms with Gasteiger partial charge >= 0.3 is 0 Å². The van der Waals surface area contributed by atoms with Gasteiger partial charge in [0.2, 0.25) is 4.96 Å². The normalized spacial score (nSPS) is 10.7. The number of carbonyl (C=O) groups excluding carboxylic acids is 1. The summed E-state index contributed by atoms with van der Waals surface area (Å²) in [6.45, 7) is 0. The smallest absolute Gasteiger partial charge is 0.275 e. The number of ether oxygens (including phenoxy) is 1. The van der Waals surface area contributed by atoms with Crippen LogP contribution in [0.2, 0.25) is 0 Å². The zero-order chi connectivity index (χ0) is 16.4. The van der Waals surface area contributed by atoms with Gasteiger partial charge in [-0.15, -0.1) is 0 Å². The van der Waals surface area contributed by atoms with E-state index in [1.54, 1.807) is 40.5 Å². The van der Waals surface area contributed by atoms with E-state index in [4.69, 9.17) is 4.74 Å². The Balaban J connectivity index is 1.45. The molecule has 0 saturated heterocycles. The fraction of sp³-hybridized carbons (Fsp3) is 0. The van der Waals surface area contributed by atoms with Crippen LogP contribution < -0.4 is 10.1 Å². The summed E-state index contributed by atoms with van der Waals surface area (Å²) in [5, 5.41) is 6.86. The highest BCUT2D eigenvalue weighted by atomic mass is 32.1. The number of rotatable bonds is 4. The molecule has 1 N–H and O–H groups in total. The Kier molecular flexibility index (Phi) is 3.68. The first-order chi connectivity index (χ1) is 11.8. The maximum atomic E-state index is 12.2. The molecule has 1 amide bonds. The number of hydrogen-bond acceptors (Lipinski definition) is 5. The molecule has 0 aliphatic carbocycles. The number of para-hydroxylation sites is 1. The molecule has 2 aromatic carbocycles. The van der Waals surface area contributed by atoms with Crippen LogP contribution in [0.1, 0.15) is 10.5 Å². The second-order valence-electron chi connectivity index (χ2n) is 4.99. The quantitative estimate of drug-likeness (QED) is 0.615. The van der Waals surface area contributed by atoms with Crippen LogP contribution in [0.25, 0.3) is 4.96 Å². The fourth-order valence-corrected chi connectivity index (χ4v) is 2.78. The first-order valence-corrected chi connectivity index (χ1v) is 8.09. The van der Waals surface area contributed by atoms with Gasteiger partial charge in [0.05, 0.1) is 6.20 Å². The van der Waals surface area contributed by atoms with Gasteiger partial charge in [-0.1, -0.05) is 29.5 Å². The third kappa shape index (κ3) is 2.97. The van der Waals surface area contributed by atoms with E-state index < -0.39 is 0 Å². The maximum Gasteiger partial charge on any atom is 0.275 e. The van der Waals surface area contributed by atoms with E-state index in [2.05, 4.69) is 15.4 Å². The molecule has 0 unspecified atom stereocenters. The molecule has 24 heavy (non-hydrogen) atoms. The molecule has 0 fully saturated rings. The molecule has 0 aliphatic heterocycles. The number of benzene rings is 2. The molecule has 2 heterocycles. The molecule has 0 saturated carbocycles. The van der Waals surface area contributed by atoms with Crippen molar-refractivity contribution in [1.82, 2.24) is 14.6 Å². The Morgan fingerprint density at radius 2 is 1.79 bits per heavy atom. The third-order valence-electron chi connectivity index (χ3n) is 3.31. The summed E-state index contributed by atoms with van der Waals surface area (Å²) >= 11 is 1.38. The van der Waals surface area contributed by atoms with E-state index in [0.29, 0.717) is 22.1 Å². The predicted molar refractivity (Wildman–Crippen MR) is 91.8 cm³/mol. The number of hydrogen-bond donors (Lipinski definition) is 1. The summed E-state index contributed by atoms with van der Waals surface area (Å²) < 4.78 is 7.30. The molecule has 0 aliphatic rings. The number of amides is 1. The molecule has 0 radical (unpaired) electrons. The van der Waals surface area contributed by atoms with Gasteiger partial charge in [0, 0.05) is 5.69 Å². The van der Waals surface area contributed by atoms with Crippen LogP contribution in [-0.4, -0.2) is 20.5 Å². The average Bonchev–Trinajstić information content (AvgIpc) is 3.19. The first kappa shape index (κ1) is 14.4. The van der Waals surface area contributed by atoms with Crippen molar-refractivity contribution in [2.45, 2.75) is 0 Å². The lowest BCUT2D eigenvalue weighted by atomic mass is 10.3. The van der Waals surface area contributed by atoms with E-state index in [0.717, 1.165) is 5.75 Å². The lowest BCUT2D eigenvalue weighted by Crippen LogP contribution is -2.12.